The van der Waals surface area contributed by atoms with E-state index < -0.39 is 0 Å². The molecule has 0 saturated heterocycles. The van der Waals surface area contributed by atoms with Crippen LogP contribution >= 0.6 is 0 Å². The summed E-state index contributed by atoms with van der Waals surface area (Å²) in [5.74, 6) is 0. The van der Waals surface area contributed by atoms with Gasteiger partial charge in [0.1, 0.15) is 0 Å². The van der Waals surface area contributed by atoms with Crippen molar-refractivity contribution < 1.29 is 4.74 Å². The van der Waals surface area contributed by atoms with E-state index in [2.05, 4.69) is 34.6 Å². The number of rotatable bonds is 6. The molecule has 0 bridgehead atoms. The molecule has 0 radical (unpaired) electrons. The van der Waals surface area contributed by atoms with E-state index in [9.17, 15) is 0 Å². The fraction of sp³-hybridized carbons (Fsp3) is 0.267. The summed E-state index contributed by atoms with van der Waals surface area (Å²) >= 11 is 0. The van der Waals surface area contributed by atoms with E-state index in [0.717, 1.165) is 13.1 Å². The SMILES string of the molecule is COCc1ccc(CNCc2ccncc2)cc1. The number of aromatic nitrogens is 1. The minimum atomic E-state index is 0.671. The Hall–Kier alpha value is -1.71. The van der Waals surface area contributed by atoms with Crippen molar-refractivity contribution in [3.8, 4) is 0 Å². The van der Waals surface area contributed by atoms with Gasteiger partial charge < -0.3 is 10.1 Å². The summed E-state index contributed by atoms with van der Waals surface area (Å²) in [4.78, 5) is 4.00. The quantitative estimate of drug-likeness (QED) is 0.845. The van der Waals surface area contributed by atoms with Crippen molar-refractivity contribution in [2.45, 2.75) is 19.7 Å². The predicted octanol–water partition coefficient (Wildman–Crippen LogP) is 2.52. The Kier molecular flexibility index (Phi) is 4.88. The first-order valence-electron chi connectivity index (χ1n) is 6.05. The van der Waals surface area contributed by atoms with Crippen LogP contribution in [0.2, 0.25) is 0 Å². The molecule has 0 saturated carbocycles. The molecule has 1 aromatic heterocycles. The lowest BCUT2D eigenvalue weighted by Crippen LogP contribution is -2.12. The Morgan fingerprint density at radius 3 is 2.06 bits per heavy atom. The smallest absolute Gasteiger partial charge is 0.0713 e. The number of hydrogen-bond acceptors (Lipinski definition) is 3. The summed E-state index contributed by atoms with van der Waals surface area (Å²) in [5, 5.41) is 3.41. The van der Waals surface area contributed by atoms with Crippen molar-refractivity contribution in [1.82, 2.24) is 10.3 Å². The van der Waals surface area contributed by atoms with Crippen LogP contribution in [0.15, 0.2) is 48.8 Å². The first-order chi connectivity index (χ1) is 8.88. The van der Waals surface area contributed by atoms with Gasteiger partial charge in [-0.25, -0.2) is 0 Å². The zero-order valence-electron chi connectivity index (χ0n) is 10.6. The van der Waals surface area contributed by atoms with Gasteiger partial charge in [-0.2, -0.15) is 0 Å². The van der Waals surface area contributed by atoms with Gasteiger partial charge in [0.05, 0.1) is 6.61 Å². The van der Waals surface area contributed by atoms with Gasteiger partial charge in [0.25, 0.3) is 0 Å². The number of methoxy groups -OCH3 is 1. The maximum absolute atomic E-state index is 5.09. The molecule has 0 aliphatic carbocycles. The van der Waals surface area contributed by atoms with E-state index in [4.69, 9.17) is 4.74 Å². The molecule has 0 atom stereocenters. The van der Waals surface area contributed by atoms with E-state index in [1.807, 2.05) is 24.5 Å². The number of nitrogens with one attached hydrogen (secondary N) is 1. The van der Waals surface area contributed by atoms with Gasteiger partial charge in [-0.3, -0.25) is 4.98 Å². The average molecular weight is 242 g/mol. The Bertz CT molecular complexity index is 454. The third kappa shape index (κ3) is 3.95. The largest absolute Gasteiger partial charge is 0.380 e. The second-order valence-corrected chi connectivity index (χ2v) is 4.21. The summed E-state index contributed by atoms with van der Waals surface area (Å²) in [6.45, 7) is 2.41. The van der Waals surface area contributed by atoms with Crippen molar-refractivity contribution >= 4 is 0 Å². The Labute approximate surface area is 108 Å². The zero-order valence-corrected chi connectivity index (χ0v) is 10.6. The number of nitrogens with zero attached hydrogens (tertiary/aromatic N) is 1. The van der Waals surface area contributed by atoms with Gasteiger partial charge in [-0.15, -0.1) is 0 Å². The Morgan fingerprint density at radius 1 is 0.889 bits per heavy atom. The maximum atomic E-state index is 5.09. The molecule has 0 aliphatic heterocycles. The summed E-state index contributed by atoms with van der Waals surface area (Å²) < 4.78 is 5.09. The molecule has 2 rings (SSSR count). The molecule has 2 aromatic rings. The Morgan fingerprint density at radius 2 is 1.44 bits per heavy atom. The first kappa shape index (κ1) is 12.7. The molecule has 3 nitrogen and oxygen atoms in total. The van der Waals surface area contributed by atoms with Gasteiger partial charge in [0.15, 0.2) is 0 Å². The normalized spacial score (nSPS) is 10.5. The van der Waals surface area contributed by atoms with Gasteiger partial charge in [0, 0.05) is 32.6 Å². The van der Waals surface area contributed by atoms with Crippen LogP contribution in [0, 0.1) is 0 Å². The minimum absolute atomic E-state index is 0.671. The van der Waals surface area contributed by atoms with Gasteiger partial charge in [-0.1, -0.05) is 24.3 Å². The zero-order chi connectivity index (χ0) is 12.6. The van der Waals surface area contributed by atoms with E-state index in [1.54, 1.807) is 7.11 Å². The molecular formula is C15H18N2O. The van der Waals surface area contributed by atoms with Crippen LogP contribution < -0.4 is 5.32 Å². The van der Waals surface area contributed by atoms with Crippen LogP contribution in [-0.2, 0) is 24.4 Å². The highest BCUT2D eigenvalue weighted by Crippen LogP contribution is 2.05. The average Bonchev–Trinajstić information content (AvgIpc) is 2.42. The molecular weight excluding hydrogens is 224 g/mol. The Balaban J connectivity index is 1.80. The lowest BCUT2D eigenvalue weighted by atomic mass is 10.1. The van der Waals surface area contributed by atoms with Gasteiger partial charge >= 0.3 is 0 Å². The lowest BCUT2D eigenvalue weighted by molar-refractivity contribution is 0.185. The van der Waals surface area contributed by atoms with Crippen molar-refractivity contribution in [1.29, 1.82) is 0 Å². The number of ether oxygens (including phenoxy) is 1. The van der Waals surface area contributed by atoms with Crippen LogP contribution in [-0.4, -0.2) is 12.1 Å². The van der Waals surface area contributed by atoms with E-state index >= 15 is 0 Å². The van der Waals surface area contributed by atoms with Crippen molar-refractivity contribution in [2.75, 3.05) is 7.11 Å². The summed E-state index contributed by atoms with van der Waals surface area (Å²) in [7, 11) is 1.71. The second kappa shape index (κ2) is 6.89. The fourth-order valence-electron chi connectivity index (χ4n) is 1.77. The minimum Gasteiger partial charge on any atom is -0.380 e. The second-order valence-electron chi connectivity index (χ2n) is 4.21. The van der Waals surface area contributed by atoms with E-state index in [0.29, 0.717) is 6.61 Å². The molecule has 0 amide bonds. The number of hydrogen-bond donors (Lipinski definition) is 1. The van der Waals surface area contributed by atoms with E-state index in [-0.39, 0.29) is 0 Å². The van der Waals surface area contributed by atoms with Crippen LogP contribution in [0.4, 0.5) is 0 Å². The molecule has 1 aromatic carbocycles. The summed E-state index contributed by atoms with van der Waals surface area (Å²) in [5.41, 5.74) is 3.74. The molecule has 1 heterocycles. The predicted molar refractivity (Wildman–Crippen MR) is 71.9 cm³/mol. The molecule has 18 heavy (non-hydrogen) atoms. The molecule has 94 valence electrons. The van der Waals surface area contributed by atoms with Crippen molar-refractivity contribution in [2.24, 2.45) is 0 Å². The first-order valence-corrected chi connectivity index (χ1v) is 6.05. The monoisotopic (exact) mass is 242 g/mol. The highest BCUT2D eigenvalue weighted by atomic mass is 16.5. The number of benzene rings is 1. The van der Waals surface area contributed by atoms with Crippen LogP contribution in [0.1, 0.15) is 16.7 Å². The van der Waals surface area contributed by atoms with Gasteiger partial charge in [-0.05, 0) is 28.8 Å². The molecule has 3 heteroatoms. The summed E-state index contributed by atoms with van der Waals surface area (Å²) in [6.07, 6.45) is 3.63. The van der Waals surface area contributed by atoms with Crippen molar-refractivity contribution in [3.05, 3.63) is 65.5 Å². The lowest BCUT2D eigenvalue weighted by Gasteiger charge is -2.06. The molecule has 0 aliphatic rings. The number of pyridine rings is 1. The van der Waals surface area contributed by atoms with Crippen LogP contribution in [0.25, 0.3) is 0 Å². The van der Waals surface area contributed by atoms with Crippen LogP contribution in [0.3, 0.4) is 0 Å². The molecule has 0 fully saturated rings. The molecule has 1 N–H and O–H groups in total. The highest BCUT2D eigenvalue weighted by molar-refractivity contribution is 5.22. The highest BCUT2D eigenvalue weighted by Gasteiger charge is 1.95. The standard InChI is InChI=1S/C15H18N2O/c1-18-12-15-4-2-13(3-5-15)10-17-11-14-6-8-16-9-7-14/h2-9,17H,10-12H2,1H3. The third-order valence-electron chi connectivity index (χ3n) is 2.74. The van der Waals surface area contributed by atoms with Gasteiger partial charge in [0.2, 0.25) is 0 Å². The molecule has 0 spiro atoms. The van der Waals surface area contributed by atoms with E-state index in [1.165, 1.54) is 16.7 Å². The van der Waals surface area contributed by atoms with Crippen LogP contribution in [0.5, 0.6) is 0 Å². The van der Waals surface area contributed by atoms with Crippen molar-refractivity contribution in [3.63, 3.8) is 0 Å². The summed E-state index contributed by atoms with van der Waals surface area (Å²) in [6, 6.07) is 12.5. The third-order valence-corrected chi connectivity index (χ3v) is 2.74. The maximum Gasteiger partial charge on any atom is 0.0713 e. The molecule has 0 unspecified atom stereocenters. The fourth-order valence-corrected chi connectivity index (χ4v) is 1.77. The topological polar surface area (TPSA) is 34.1 Å².